The number of hydrogen-bond donors (Lipinski definition) is 0. The molecule has 0 bridgehead atoms. The Balaban J connectivity index is 2.55. The predicted octanol–water partition coefficient (Wildman–Crippen LogP) is 2.81. The predicted molar refractivity (Wildman–Crippen MR) is 62.7 cm³/mol. The lowest BCUT2D eigenvalue weighted by atomic mass is 10.2. The third-order valence-electron chi connectivity index (χ3n) is 2.26. The molecule has 1 aliphatic heterocycles. The highest BCUT2D eigenvalue weighted by molar-refractivity contribution is 6.43. The number of amides is 2. The maximum atomic E-state index is 11.7. The van der Waals surface area contributed by atoms with Gasteiger partial charge in [0.15, 0.2) is 0 Å². The van der Waals surface area contributed by atoms with E-state index >= 15 is 0 Å². The van der Waals surface area contributed by atoms with Crippen LogP contribution in [-0.4, -0.2) is 11.8 Å². The molecule has 1 aromatic carbocycles. The fourth-order valence-corrected chi connectivity index (χ4v) is 2.07. The second kappa shape index (κ2) is 3.92. The molecule has 3 nitrogen and oxygen atoms in total. The summed E-state index contributed by atoms with van der Waals surface area (Å²) >= 11 is 11.9. The van der Waals surface area contributed by atoms with E-state index in [0.717, 1.165) is 4.90 Å². The Morgan fingerprint density at radius 3 is 2.12 bits per heavy atom. The smallest absolute Gasteiger partial charge is 0.261 e. The molecular formula is C11H7Cl2NO2. The first kappa shape index (κ1) is 11.2. The van der Waals surface area contributed by atoms with Crippen LogP contribution in [0.5, 0.6) is 0 Å². The summed E-state index contributed by atoms with van der Waals surface area (Å²) in [6.45, 7) is 1.57. The minimum absolute atomic E-state index is 0.244. The number of anilines is 1. The van der Waals surface area contributed by atoms with Crippen molar-refractivity contribution in [2.75, 3.05) is 4.90 Å². The van der Waals surface area contributed by atoms with Crippen LogP contribution in [0, 0.1) is 0 Å². The van der Waals surface area contributed by atoms with Crippen LogP contribution in [0.25, 0.3) is 0 Å². The summed E-state index contributed by atoms with van der Waals surface area (Å²) in [7, 11) is 0. The first-order valence-corrected chi connectivity index (χ1v) is 5.28. The second-order valence-corrected chi connectivity index (χ2v) is 4.19. The van der Waals surface area contributed by atoms with Gasteiger partial charge in [0.1, 0.15) is 0 Å². The van der Waals surface area contributed by atoms with E-state index in [0.29, 0.717) is 5.57 Å². The van der Waals surface area contributed by atoms with E-state index in [4.69, 9.17) is 23.2 Å². The topological polar surface area (TPSA) is 37.4 Å². The molecule has 0 saturated heterocycles. The van der Waals surface area contributed by atoms with E-state index in [9.17, 15) is 9.59 Å². The summed E-state index contributed by atoms with van der Waals surface area (Å²) in [5.74, 6) is -0.808. The fraction of sp³-hybridized carbons (Fsp3) is 0.0909. The van der Waals surface area contributed by atoms with Crippen molar-refractivity contribution < 1.29 is 9.59 Å². The van der Waals surface area contributed by atoms with Crippen molar-refractivity contribution >= 4 is 40.7 Å². The van der Waals surface area contributed by atoms with Crippen LogP contribution in [0.15, 0.2) is 29.8 Å². The van der Waals surface area contributed by atoms with Crippen molar-refractivity contribution in [3.63, 3.8) is 0 Å². The molecule has 0 fully saturated rings. The van der Waals surface area contributed by atoms with Gasteiger partial charge >= 0.3 is 0 Å². The van der Waals surface area contributed by atoms with E-state index < -0.39 is 5.91 Å². The van der Waals surface area contributed by atoms with Gasteiger partial charge in [0.25, 0.3) is 11.8 Å². The number of benzene rings is 1. The molecule has 1 aromatic rings. The Morgan fingerprint density at radius 2 is 1.69 bits per heavy atom. The molecule has 0 N–H and O–H groups in total. The molecule has 16 heavy (non-hydrogen) atoms. The molecule has 1 heterocycles. The van der Waals surface area contributed by atoms with Crippen molar-refractivity contribution in [2.45, 2.75) is 6.92 Å². The highest BCUT2D eigenvalue weighted by Crippen LogP contribution is 2.36. The largest absolute Gasteiger partial charge is 0.269 e. The number of imide groups is 1. The zero-order valence-corrected chi connectivity index (χ0v) is 9.84. The Morgan fingerprint density at radius 1 is 1.12 bits per heavy atom. The molecule has 0 spiro atoms. The minimum atomic E-state index is -0.419. The normalized spacial score (nSPS) is 15.7. The lowest BCUT2D eigenvalue weighted by molar-refractivity contribution is -0.120. The van der Waals surface area contributed by atoms with E-state index in [1.165, 1.54) is 6.08 Å². The van der Waals surface area contributed by atoms with Gasteiger partial charge in [0.2, 0.25) is 0 Å². The molecule has 2 rings (SSSR count). The van der Waals surface area contributed by atoms with Gasteiger partial charge in [-0.15, -0.1) is 0 Å². The van der Waals surface area contributed by atoms with Crippen LogP contribution in [0.3, 0.4) is 0 Å². The van der Waals surface area contributed by atoms with Gasteiger partial charge in [-0.05, 0) is 19.1 Å². The molecule has 0 unspecified atom stereocenters. The van der Waals surface area contributed by atoms with E-state index in [1.54, 1.807) is 25.1 Å². The van der Waals surface area contributed by atoms with Crippen molar-refractivity contribution in [2.24, 2.45) is 0 Å². The number of nitrogens with zero attached hydrogens (tertiary/aromatic N) is 1. The number of carbonyl (C=O) groups excluding carboxylic acids is 2. The average Bonchev–Trinajstić information content (AvgIpc) is 2.44. The fourth-order valence-electron chi connectivity index (χ4n) is 1.50. The number of rotatable bonds is 1. The number of para-hydroxylation sites is 1. The molecule has 0 aliphatic carbocycles. The zero-order chi connectivity index (χ0) is 11.9. The van der Waals surface area contributed by atoms with Crippen LogP contribution >= 0.6 is 23.2 Å². The Kier molecular flexibility index (Phi) is 2.74. The standard InChI is InChI=1S/C11H7Cl2NO2/c1-6-5-9(15)14(11(6)16)10-7(12)3-2-4-8(10)13/h2-5H,1H3. The molecular weight excluding hydrogens is 249 g/mol. The lowest BCUT2D eigenvalue weighted by Gasteiger charge is -2.17. The van der Waals surface area contributed by atoms with Gasteiger partial charge in [-0.2, -0.15) is 0 Å². The lowest BCUT2D eigenvalue weighted by Crippen LogP contribution is -2.31. The number of halogens is 2. The van der Waals surface area contributed by atoms with Crippen molar-refractivity contribution in [3.05, 3.63) is 39.9 Å². The van der Waals surface area contributed by atoms with E-state index in [-0.39, 0.29) is 21.6 Å². The molecule has 0 saturated carbocycles. The maximum absolute atomic E-state index is 11.7. The molecule has 0 aromatic heterocycles. The SMILES string of the molecule is CC1=CC(=O)N(c2c(Cl)cccc2Cl)C1=O. The van der Waals surface area contributed by atoms with Gasteiger partial charge in [-0.3, -0.25) is 9.59 Å². The summed E-state index contributed by atoms with van der Waals surface area (Å²) < 4.78 is 0. The van der Waals surface area contributed by atoms with Crippen LogP contribution in [0.2, 0.25) is 10.0 Å². The number of carbonyl (C=O) groups is 2. The van der Waals surface area contributed by atoms with Gasteiger partial charge < -0.3 is 0 Å². The van der Waals surface area contributed by atoms with Gasteiger partial charge in [-0.1, -0.05) is 29.3 Å². The molecule has 1 aliphatic rings. The van der Waals surface area contributed by atoms with Crippen molar-refractivity contribution in [3.8, 4) is 0 Å². The zero-order valence-electron chi connectivity index (χ0n) is 8.33. The molecule has 0 radical (unpaired) electrons. The third kappa shape index (κ3) is 1.62. The van der Waals surface area contributed by atoms with E-state index in [1.807, 2.05) is 0 Å². The van der Waals surface area contributed by atoms with Crippen molar-refractivity contribution in [1.29, 1.82) is 0 Å². The van der Waals surface area contributed by atoms with Crippen LogP contribution in [-0.2, 0) is 9.59 Å². The van der Waals surface area contributed by atoms with Crippen LogP contribution in [0.4, 0.5) is 5.69 Å². The number of hydrogen-bond acceptors (Lipinski definition) is 2. The summed E-state index contributed by atoms with van der Waals surface area (Å²) in [6, 6.07) is 4.81. The Bertz CT molecular complexity index is 502. The quantitative estimate of drug-likeness (QED) is 0.724. The van der Waals surface area contributed by atoms with Gasteiger partial charge in [0.05, 0.1) is 15.7 Å². The summed E-state index contributed by atoms with van der Waals surface area (Å²) in [5, 5.41) is 0.551. The molecule has 82 valence electrons. The minimum Gasteiger partial charge on any atom is -0.269 e. The van der Waals surface area contributed by atoms with E-state index in [2.05, 4.69) is 0 Å². The summed E-state index contributed by atoms with van der Waals surface area (Å²) in [6.07, 6.45) is 1.27. The highest BCUT2D eigenvalue weighted by Gasteiger charge is 2.32. The Hall–Kier alpha value is -1.32. The van der Waals surface area contributed by atoms with Crippen LogP contribution in [0.1, 0.15) is 6.92 Å². The molecule has 5 heteroatoms. The summed E-state index contributed by atoms with van der Waals surface area (Å²) in [4.78, 5) is 24.3. The molecule has 0 atom stereocenters. The maximum Gasteiger partial charge on any atom is 0.261 e. The van der Waals surface area contributed by atoms with Crippen LogP contribution < -0.4 is 4.90 Å². The molecule has 2 amide bonds. The first-order chi connectivity index (χ1) is 7.52. The Labute approximate surface area is 102 Å². The van der Waals surface area contributed by atoms with Gasteiger partial charge in [0, 0.05) is 11.6 Å². The third-order valence-corrected chi connectivity index (χ3v) is 2.87. The summed E-state index contributed by atoms with van der Waals surface area (Å²) in [5.41, 5.74) is 0.620. The van der Waals surface area contributed by atoms with Gasteiger partial charge in [-0.25, -0.2) is 4.90 Å². The second-order valence-electron chi connectivity index (χ2n) is 3.38. The highest BCUT2D eigenvalue weighted by atomic mass is 35.5. The first-order valence-electron chi connectivity index (χ1n) is 4.53. The van der Waals surface area contributed by atoms with Crippen molar-refractivity contribution in [1.82, 2.24) is 0 Å². The average molecular weight is 256 g/mol. The monoisotopic (exact) mass is 255 g/mol.